The van der Waals surface area contributed by atoms with Crippen molar-refractivity contribution in [2.45, 2.75) is 19.2 Å². The Morgan fingerprint density at radius 3 is 2.69 bits per heavy atom. The average Bonchev–Trinajstić information content (AvgIpc) is 3.40. The number of likely N-dealkylation sites (N-methyl/N-ethyl adjacent to an activating group) is 1. The first kappa shape index (κ1) is 23.8. The molecule has 1 atom stereocenters. The quantitative estimate of drug-likeness (QED) is 0.518. The smallest absolute Gasteiger partial charge is 0.410 e. The minimum absolute atomic E-state index is 0.187. The van der Waals surface area contributed by atoms with Crippen LogP contribution in [0.5, 0.6) is 0 Å². The number of amides is 2. The van der Waals surface area contributed by atoms with Gasteiger partial charge in [0.25, 0.3) is 5.91 Å². The standard InChI is InChI=1S/C27H27N5O3S/c1-30-13-14-31(27(34)35-17-19-7-3-2-4-8-19)23(16-30)21-10-6-5-9-20(21)15-32-22-11-12-28-25(22)26(33)29-24(32)18-36/h2-12,23,28H,13-17H2,1H3,(H,29,33). The van der Waals surface area contributed by atoms with Crippen molar-refractivity contribution in [1.29, 1.82) is 0 Å². The van der Waals surface area contributed by atoms with Crippen molar-refractivity contribution >= 4 is 34.9 Å². The number of piperazine rings is 1. The van der Waals surface area contributed by atoms with Crippen LogP contribution in [0, 0.1) is 0 Å². The van der Waals surface area contributed by atoms with Crippen LogP contribution in [0.2, 0.25) is 0 Å². The molecule has 0 radical (unpaired) electrons. The molecule has 2 N–H and O–H groups in total. The zero-order valence-electron chi connectivity index (χ0n) is 19.9. The number of carbonyl (C=O) groups is 2. The highest BCUT2D eigenvalue weighted by atomic mass is 32.1. The molecule has 2 aliphatic rings. The summed E-state index contributed by atoms with van der Waals surface area (Å²) >= 11 is 5.09. The largest absolute Gasteiger partial charge is 0.445 e. The molecule has 0 saturated carbocycles. The second-order valence-corrected chi connectivity index (χ2v) is 9.14. The molecule has 1 unspecified atom stereocenters. The lowest BCUT2D eigenvalue weighted by Crippen LogP contribution is -2.49. The molecule has 2 aliphatic heterocycles. The minimum atomic E-state index is -0.329. The van der Waals surface area contributed by atoms with E-state index in [-0.39, 0.29) is 24.6 Å². The Hall–Kier alpha value is -3.91. The molecule has 1 saturated heterocycles. The van der Waals surface area contributed by atoms with E-state index in [0.29, 0.717) is 31.1 Å². The molecular formula is C27H27N5O3S. The fraction of sp³-hybridized carbons (Fsp3) is 0.259. The first-order chi connectivity index (χ1) is 17.5. The third-order valence-electron chi connectivity index (χ3n) is 6.61. The molecule has 9 heteroatoms. The molecule has 8 nitrogen and oxygen atoms in total. The van der Waals surface area contributed by atoms with Gasteiger partial charge in [0, 0.05) is 25.8 Å². The Morgan fingerprint density at radius 2 is 1.89 bits per heavy atom. The van der Waals surface area contributed by atoms with Crippen LogP contribution in [0.1, 0.15) is 33.2 Å². The van der Waals surface area contributed by atoms with Gasteiger partial charge in [-0.3, -0.25) is 15.0 Å². The molecule has 184 valence electrons. The summed E-state index contributed by atoms with van der Waals surface area (Å²) in [6.45, 7) is 2.69. The highest BCUT2D eigenvalue weighted by Gasteiger charge is 2.34. The molecule has 5 rings (SSSR count). The highest BCUT2D eigenvalue weighted by molar-refractivity contribution is 7.78. The number of H-pyrrole nitrogens is 1. The number of benzene rings is 2. The van der Waals surface area contributed by atoms with E-state index in [1.807, 2.05) is 64.4 Å². The van der Waals surface area contributed by atoms with E-state index in [9.17, 15) is 9.59 Å². The van der Waals surface area contributed by atoms with Crippen molar-refractivity contribution in [2.75, 3.05) is 31.6 Å². The van der Waals surface area contributed by atoms with E-state index in [1.165, 1.54) is 0 Å². The average molecular weight is 502 g/mol. The van der Waals surface area contributed by atoms with E-state index in [1.54, 1.807) is 6.20 Å². The number of thiocarbonyl (C=S) groups is 1. The van der Waals surface area contributed by atoms with E-state index in [0.717, 1.165) is 28.9 Å². The summed E-state index contributed by atoms with van der Waals surface area (Å²) in [5.41, 5.74) is 4.21. The maximum absolute atomic E-state index is 13.2. The number of nitrogens with one attached hydrogen (secondary N) is 2. The number of ether oxygens (including phenoxy) is 1. The summed E-state index contributed by atoms with van der Waals surface area (Å²) in [6.07, 6.45) is 1.40. The van der Waals surface area contributed by atoms with Gasteiger partial charge < -0.3 is 19.5 Å². The van der Waals surface area contributed by atoms with Gasteiger partial charge >= 0.3 is 6.09 Å². The lowest BCUT2D eigenvalue weighted by atomic mass is 9.96. The summed E-state index contributed by atoms with van der Waals surface area (Å²) in [5.74, 6) is 0.185. The summed E-state index contributed by atoms with van der Waals surface area (Å²) in [4.78, 5) is 34.6. The van der Waals surface area contributed by atoms with Gasteiger partial charge in [-0.25, -0.2) is 4.79 Å². The zero-order valence-corrected chi connectivity index (χ0v) is 20.8. The molecule has 0 spiro atoms. The van der Waals surface area contributed by atoms with Crippen LogP contribution in [0.25, 0.3) is 0 Å². The maximum Gasteiger partial charge on any atom is 0.410 e. The van der Waals surface area contributed by atoms with E-state index < -0.39 is 0 Å². The van der Waals surface area contributed by atoms with Gasteiger partial charge in [0.1, 0.15) is 12.3 Å². The second-order valence-electron chi connectivity index (χ2n) is 8.94. The number of aromatic amines is 1. The summed E-state index contributed by atoms with van der Waals surface area (Å²) in [5, 5.41) is 5.50. The van der Waals surface area contributed by atoms with Gasteiger partial charge in [0.05, 0.1) is 18.3 Å². The summed E-state index contributed by atoms with van der Waals surface area (Å²) < 4.78 is 5.71. The van der Waals surface area contributed by atoms with Crippen molar-refractivity contribution in [3.05, 3.63) is 95.1 Å². The molecule has 2 amide bonds. The zero-order chi connectivity index (χ0) is 25.1. The second kappa shape index (κ2) is 10.4. The first-order valence-corrected chi connectivity index (χ1v) is 12.2. The predicted molar refractivity (Wildman–Crippen MR) is 141 cm³/mol. The molecular weight excluding hydrogens is 474 g/mol. The van der Waals surface area contributed by atoms with Crippen molar-refractivity contribution in [2.24, 2.45) is 0 Å². The fourth-order valence-corrected chi connectivity index (χ4v) is 4.91. The molecule has 0 bridgehead atoms. The van der Waals surface area contributed by atoms with E-state index in [2.05, 4.69) is 33.3 Å². The minimum Gasteiger partial charge on any atom is -0.445 e. The molecule has 36 heavy (non-hydrogen) atoms. The fourth-order valence-electron chi connectivity index (χ4n) is 4.75. The monoisotopic (exact) mass is 501 g/mol. The third-order valence-corrected chi connectivity index (χ3v) is 6.80. The molecule has 1 aromatic heterocycles. The summed E-state index contributed by atoms with van der Waals surface area (Å²) in [7, 11) is 2.06. The Labute approximate surface area is 215 Å². The predicted octanol–water partition coefficient (Wildman–Crippen LogP) is 3.83. The van der Waals surface area contributed by atoms with Crippen LogP contribution in [-0.4, -0.2) is 58.5 Å². The summed E-state index contributed by atoms with van der Waals surface area (Å²) in [6, 6.07) is 19.4. The van der Waals surface area contributed by atoms with Crippen LogP contribution in [0.4, 0.5) is 10.5 Å². The maximum atomic E-state index is 13.2. The molecule has 0 aliphatic carbocycles. The van der Waals surface area contributed by atoms with Gasteiger partial charge in [-0.2, -0.15) is 0 Å². The lowest BCUT2D eigenvalue weighted by molar-refractivity contribution is 0.0489. The molecule has 3 heterocycles. The van der Waals surface area contributed by atoms with Crippen LogP contribution in [0.3, 0.4) is 0 Å². The number of anilines is 1. The van der Waals surface area contributed by atoms with Crippen molar-refractivity contribution in [3.8, 4) is 0 Å². The number of fused-ring (bicyclic) bond motifs is 1. The third kappa shape index (κ3) is 4.77. The topological polar surface area (TPSA) is 80.9 Å². The number of hydrogen-bond donors (Lipinski definition) is 2. The van der Waals surface area contributed by atoms with Gasteiger partial charge in [-0.1, -0.05) is 54.6 Å². The Bertz CT molecular complexity index is 1320. The normalized spacial score (nSPS) is 17.9. The van der Waals surface area contributed by atoms with Crippen molar-refractivity contribution in [1.82, 2.24) is 20.1 Å². The number of hydrogen-bond acceptors (Lipinski definition) is 6. The van der Waals surface area contributed by atoms with Crippen LogP contribution < -0.4 is 10.2 Å². The molecule has 3 aromatic rings. The van der Waals surface area contributed by atoms with Gasteiger partial charge in [-0.05, 0) is 47.0 Å². The number of rotatable bonds is 5. The Balaban J connectivity index is 1.42. The van der Waals surface area contributed by atoms with Gasteiger partial charge in [0.2, 0.25) is 0 Å². The van der Waals surface area contributed by atoms with E-state index >= 15 is 0 Å². The van der Waals surface area contributed by atoms with Crippen molar-refractivity contribution in [3.63, 3.8) is 0 Å². The lowest BCUT2D eigenvalue weighted by Gasteiger charge is -2.40. The molecule has 2 aromatic carbocycles. The number of aromatic nitrogens is 1. The number of nitrogens with zero attached hydrogens (tertiary/aromatic N) is 3. The Kier molecular flexibility index (Phi) is 6.86. The van der Waals surface area contributed by atoms with E-state index in [4.69, 9.17) is 17.0 Å². The van der Waals surface area contributed by atoms with Gasteiger partial charge in [0.15, 0.2) is 5.82 Å². The van der Waals surface area contributed by atoms with Crippen LogP contribution in [0.15, 0.2) is 72.7 Å². The highest BCUT2D eigenvalue weighted by Crippen LogP contribution is 2.33. The van der Waals surface area contributed by atoms with Crippen LogP contribution >= 0.6 is 12.2 Å². The SMILES string of the molecule is CN1CCN(C(=O)OCc2ccccc2)C(c2ccccc2CN2C(=C=S)NC(=O)c3[nH]ccc32)C1. The Morgan fingerprint density at radius 1 is 1.11 bits per heavy atom. The first-order valence-electron chi connectivity index (χ1n) is 11.8. The van der Waals surface area contributed by atoms with Crippen molar-refractivity contribution < 1.29 is 14.3 Å². The van der Waals surface area contributed by atoms with Crippen LogP contribution in [-0.2, 0) is 17.9 Å². The van der Waals surface area contributed by atoms with Gasteiger partial charge in [-0.15, -0.1) is 0 Å². The number of carbonyl (C=O) groups excluding carboxylic acids is 2. The molecule has 1 fully saturated rings.